The number of hydrogen-bond acceptors (Lipinski definition) is 0. The van der Waals surface area contributed by atoms with Crippen LogP contribution >= 0.6 is 0 Å². The zero-order valence-electron chi connectivity index (χ0n) is 18.3. The van der Waals surface area contributed by atoms with Crippen molar-refractivity contribution in [1.82, 2.24) is 9.55 Å². The molecule has 0 radical (unpaired) electrons. The zero-order chi connectivity index (χ0) is 21.7. The average molecular weight is 415 g/mol. The molecule has 2 heterocycles. The molecule has 0 unspecified atom stereocenters. The summed E-state index contributed by atoms with van der Waals surface area (Å²) in [6.07, 6.45) is 0. The lowest BCUT2D eigenvalue weighted by molar-refractivity contribution is 1.20. The van der Waals surface area contributed by atoms with Crippen LogP contribution in [0.4, 0.5) is 0 Å². The highest BCUT2D eigenvalue weighted by atomic mass is 15.0. The fraction of sp³-hybridized carbons (Fsp3) is 0.0667. The first kappa shape index (κ1) is 18.7. The van der Waals surface area contributed by atoms with Crippen LogP contribution in [0.3, 0.4) is 0 Å². The van der Waals surface area contributed by atoms with Crippen molar-refractivity contribution in [3.8, 4) is 5.69 Å². The van der Waals surface area contributed by atoms with Crippen LogP contribution in [0.15, 0.2) is 103 Å². The Hall–Kier alpha value is -4.04. The molecule has 2 aromatic heterocycles. The van der Waals surface area contributed by atoms with Crippen molar-refractivity contribution in [2.45, 2.75) is 13.8 Å². The molecule has 32 heavy (non-hydrogen) atoms. The first-order valence-corrected chi connectivity index (χ1v) is 11.3. The van der Waals surface area contributed by atoms with Gasteiger partial charge in [0.1, 0.15) is 0 Å². The molecule has 0 aliphatic rings. The number of fused-ring (bicyclic) bond motifs is 8. The first-order valence-electron chi connectivity index (χ1n) is 11.3. The Labute approximate surface area is 188 Å². The van der Waals surface area contributed by atoms with Gasteiger partial charge in [-0.15, -0.1) is 0 Å². The highest BCUT2D eigenvalue weighted by molar-refractivity contribution is 6.20. The van der Waals surface area contributed by atoms with Crippen molar-refractivity contribution >= 4 is 54.4 Å². The van der Waals surface area contributed by atoms with Gasteiger partial charge in [0.05, 0.1) is 22.2 Å². The summed E-state index contributed by atoms with van der Waals surface area (Å²) < 4.78 is 2.42. The molecule has 0 amide bonds. The van der Waals surface area contributed by atoms with Gasteiger partial charge < -0.3 is 9.55 Å². The summed E-state index contributed by atoms with van der Waals surface area (Å²) in [5.74, 6) is 0. The maximum absolute atomic E-state index is 3.66. The van der Waals surface area contributed by atoms with Crippen molar-refractivity contribution in [3.05, 3.63) is 103 Å². The topological polar surface area (TPSA) is 20.7 Å². The Balaban J connectivity index is 0.000000742. The molecule has 7 rings (SSSR count). The predicted octanol–water partition coefficient (Wildman–Crippen LogP) is 8.84. The molecule has 156 valence electrons. The molecule has 0 saturated heterocycles. The summed E-state index contributed by atoms with van der Waals surface area (Å²) >= 11 is 0. The highest BCUT2D eigenvalue weighted by Gasteiger charge is 2.16. The van der Waals surface area contributed by atoms with Gasteiger partial charge in [-0.25, -0.2) is 0 Å². The predicted molar refractivity (Wildman–Crippen MR) is 141 cm³/mol. The molecule has 0 aliphatic heterocycles. The Kier molecular flexibility index (Phi) is 4.26. The SMILES string of the molecule is CC.[HH].c1ccc2c(c1)[nH]c1c3ccccc3c(-n3c4ccccc4c4ccccc43)cc21. The van der Waals surface area contributed by atoms with E-state index < -0.39 is 0 Å². The number of aromatic nitrogens is 2. The number of nitrogens with one attached hydrogen (secondary N) is 1. The first-order chi connectivity index (χ1) is 15.9. The Bertz CT molecular complexity index is 1700. The van der Waals surface area contributed by atoms with E-state index in [-0.39, 0.29) is 1.43 Å². The lowest BCUT2D eigenvalue weighted by atomic mass is 10.0. The zero-order valence-corrected chi connectivity index (χ0v) is 18.3. The van der Waals surface area contributed by atoms with Crippen LogP contribution in [0.5, 0.6) is 0 Å². The maximum Gasteiger partial charge on any atom is 0.0548 e. The molecular weight excluding hydrogens is 388 g/mol. The fourth-order valence-corrected chi connectivity index (χ4v) is 5.03. The average Bonchev–Trinajstić information content (AvgIpc) is 3.41. The van der Waals surface area contributed by atoms with E-state index in [2.05, 4.69) is 113 Å². The third-order valence-electron chi connectivity index (χ3n) is 6.32. The van der Waals surface area contributed by atoms with E-state index in [0.29, 0.717) is 0 Å². The Morgan fingerprint density at radius 1 is 0.531 bits per heavy atom. The van der Waals surface area contributed by atoms with E-state index in [1.165, 1.54) is 60.1 Å². The largest absolute Gasteiger partial charge is 0.354 e. The van der Waals surface area contributed by atoms with Crippen LogP contribution in [0.1, 0.15) is 15.3 Å². The normalized spacial score (nSPS) is 11.4. The molecule has 7 aromatic rings. The van der Waals surface area contributed by atoms with Gasteiger partial charge in [0.2, 0.25) is 0 Å². The van der Waals surface area contributed by atoms with Gasteiger partial charge in [-0.3, -0.25) is 0 Å². The molecule has 0 bridgehead atoms. The summed E-state index contributed by atoms with van der Waals surface area (Å²) in [6, 6.07) is 37.1. The quantitative estimate of drug-likeness (QED) is 0.277. The van der Waals surface area contributed by atoms with Gasteiger partial charge in [-0.05, 0) is 24.3 Å². The summed E-state index contributed by atoms with van der Waals surface area (Å²) in [4.78, 5) is 3.66. The van der Waals surface area contributed by atoms with Crippen LogP contribution in [0, 0.1) is 0 Å². The second-order valence-corrected chi connectivity index (χ2v) is 7.90. The minimum absolute atomic E-state index is 0. The van der Waals surface area contributed by atoms with Crippen molar-refractivity contribution < 1.29 is 1.43 Å². The third kappa shape index (κ3) is 2.53. The van der Waals surface area contributed by atoms with Gasteiger partial charge in [0, 0.05) is 39.3 Å². The van der Waals surface area contributed by atoms with Crippen LogP contribution in [-0.2, 0) is 0 Å². The van der Waals surface area contributed by atoms with Crippen molar-refractivity contribution in [2.75, 3.05) is 0 Å². The van der Waals surface area contributed by atoms with Crippen LogP contribution in [-0.4, -0.2) is 9.55 Å². The van der Waals surface area contributed by atoms with E-state index in [1.807, 2.05) is 13.8 Å². The third-order valence-corrected chi connectivity index (χ3v) is 6.32. The summed E-state index contributed by atoms with van der Waals surface area (Å²) in [7, 11) is 0. The smallest absolute Gasteiger partial charge is 0.0548 e. The summed E-state index contributed by atoms with van der Waals surface area (Å²) in [5, 5.41) is 7.61. The monoisotopic (exact) mass is 414 g/mol. The highest BCUT2D eigenvalue weighted by Crippen LogP contribution is 2.39. The molecule has 0 fully saturated rings. The molecule has 0 spiro atoms. The van der Waals surface area contributed by atoms with E-state index in [1.54, 1.807) is 0 Å². The molecule has 2 heteroatoms. The Morgan fingerprint density at radius 2 is 1.03 bits per heavy atom. The molecule has 5 aromatic carbocycles. The minimum Gasteiger partial charge on any atom is -0.354 e. The summed E-state index contributed by atoms with van der Waals surface area (Å²) in [5.41, 5.74) is 6.08. The van der Waals surface area contributed by atoms with Gasteiger partial charge in [-0.1, -0.05) is 92.7 Å². The van der Waals surface area contributed by atoms with Gasteiger partial charge in [0.25, 0.3) is 0 Å². The van der Waals surface area contributed by atoms with Crippen LogP contribution in [0.25, 0.3) is 60.1 Å². The van der Waals surface area contributed by atoms with Crippen molar-refractivity contribution in [1.29, 1.82) is 0 Å². The number of rotatable bonds is 1. The number of para-hydroxylation sites is 3. The molecule has 2 nitrogen and oxygen atoms in total. The van der Waals surface area contributed by atoms with E-state index in [4.69, 9.17) is 0 Å². The number of hydrogen-bond donors (Lipinski definition) is 1. The minimum atomic E-state index is 0. The Morgan fingerprint density at radius 3 is 1.69 bits per heavy atom. The van der Waals surface area contributed by atoms with Crippen LogP contribution in [0.2, 0.25) is 0 Å². The molecular formula is C30H26N2. The fourth-order valence-electron chi connectivity index (χ4n) is 5.03. The number of nitrogens with zero attached hydrogens (tertiary/aromatic N) is 1. The van der Waals surface area contributed by atoms with Gasteiger partial charge in [0.15, 0.2) is 0 Å². The van der Waals surface area contributed by atoms with E-state index >= 15 is 0 Å². The maximum atomic E-state index is 3.66. The van der Waals surface area contributed by atoms with Gasteiger partial charge >= 0.3 is 0 Å². The lowest BCUT2D eigenvalue weighted by Gasteiger charge is -2.13. The standard InChI is InChI=1S/C28H18N2.C2H6.H2/c1-2-13-22-21(12-1)27(17-23-18-9-3-6-14-24(18)29-28(22)23)30-25-15-7-4-10-19(25)20-11-5-8-16-26(20)30;1-2;/h1-17,29H;1-2H3;1H. The second kappa shape index (κ2) is 7.28. The van der Waals surface area contributed by atoms with Crippen LogP contribution < -0.4 is 0 Å². The molecule has 0 atom stereocenters. The van der Waals surface area contributed by atoms with E-state index in [9.17, 15) is 0 Å². The molecule has 0 saturated carbocycles. The molecule has 1 N–H and O–H groups in total. The van der Waals surface area contributed by atoms with E-state index in [0.717, 1.165) is 0 Å². The molecule has 0 aliphatic carbocycles. The van der Waals surface area contributed by atoms with Crippen molar-refractivity contribution in [3.63, 3.8) is 0 Å². The van der Waals surface area contributed by atoms with Crippen molar-refractivity contribution in [2.24, 2.45) is 0 Å². The number of benzene rings is 5. The number of aromatic amines is 1. The lowest BCUT2D eigenvalue weighted by Crippen LogP contribution is -1.95. The van der Waals surface area contributed by atoms with Gasteiger partial charge in [-0.2, -0.15) is 0 Å². The summed E-state index contributed by atoms with van der Waals surface area (Å²) in [6.45, 7) is 4.00. The number of H-pyrrole nitrogens is 1. The second-order valence-electron chi connectivity index (χ2n) is 7.90.